The van der Waals surface area contributed by atoms with Crippen LogP contribution in [0.3, 0.4) is 0 Å². The fourth-order valence-electron chi connectivity index (χ4n) is 2.15. The summed E-state index contributed by atoms with van der Waals surface area (Å²) in [7, 11) is 0. The number of ether oxygens (including phenoxy) is 1. The van der Waals surface area contributed by atoms with Crippen molar-refractivity contribution in [1.29, 1.82) is 5.26 Å². The third kappa shape index (κ3) is 4.08. The van der Waals surface area contributed by atoms with Gasteiger partial charge in [0.25, 0.3) is 0 Å². The second-order valence-corrected chi connectivity index (χ2v) is 4.94. The summed E-state index contributed by atoms with van der Waals surface area (Å²) in [5.41, 5.74) is 4.04. The molecule has 2 rings (SSSR count). The van der Waals surface area contributed by atoms with Gasteiger partial charge < -0.3 is 10.1 Å². The molecule has 3 nitrogen and oxygen atoms in total. The van der Waals surface area contributed by atoms with Crippen LogP contribution in [0, 0.1) is 18.3 Å². The molecule has 1 N–H and O–H groups in total. The molecule has 2 aromatic rings. The Morgan fingerprint density at radius 2 is 1.90 bits per heavy atom. The number of para-hydroxylation sites is 1. The van der Waals surface area contributed by atoms with E-state index in [9.17, 15) is 0 Å². The molecule has 21 heavy (non-hydrogen) atoms. The van der Waals surface area contributed by atoms with Crippen LogP contribution in [0.2, 0.25) is 0 Å². The molecule has 2 aromatic carbocycles. The third-order valence-corrected chi connectivity index (χ3v) is 3.33. The van der Waals surface area contributed by atoms with Gasteiger partial charge in [-0.15, -0.1) is 0 Å². The van der Waals surface area contributed by atoms with Gasteiger partial charge in [-0.1, -0.05) is 37.3 Å². The highest BCUT2D eigenvalue weighted by Crippen LogP contribution is 2.24. The van der Waals surface area contributed by atoms with Crippen molar-refractivity contribution in [3.05, 3.63) is 64.7 Å². The third-order valence-electron chi connectivity index (χ3n) is 3.33. The maximum absolute atomic E-state index is 8.80. The van der Waals surface area contributed by atoms with E-state index in [4.69, 9.17) is 10.00 Å². The molecular weight excluding hydrogens is 260 g/mol. The van der Waals surface area contributed by atoms with Gasteiger partial charge in [0.05, 0.1) is 11.6 Å². The number of aryl methyl sites for hydroxylation is 1. The molecule has 0 amide bonds. The average Bonchev–Trinajstić information content (AvgIpc) is 2.52. The van der Waals surface area contributed by atoms with E-state index in [0.29, 0.717) is 12.2 Å². The lowest BCUT2D eigenvalue weighted by Gasteiger charge is -2.14. The first-order valence-electron chi connectivity index (χ1n) is 7.15. The van der Waals surface area contributed by atoms with Crippen LogP contribution in [-0.2, 0) is 13.2 Å². The van der Waals surface area contributed by atoms with Gasteiger partial charge in [-0.25, -0.2) is 0 Å². The molecule has 0 heterocycles. The molecule has 0 saturated carbocycles. The van der Waals surface area contributed by atoms with E-state index in [-0.39, 0.29) is 0 Å². The Morgan fingerprint density at radius 1 is 1.14 bits per heavy atom. The maximum atomic E-state index is 8.80. The minimum absolute atomic E-state index is 0.510. The number of rotatable bonds is 6. The molecule has 0 unspecified atom stereocenters. The molecule has 0 atom stereocenters. The van der Waals surface area contributed by atoms with Crippen LogP contribution in [0.1, 0.15) is 29.2 Å². The van der Waals surface area contributed by atoms with Gasteiger partial charge >= 0.3 is 0 Å². The van der Waals surface area contributed by atoms with Crippen LogP contribution in [-0.4, -0.2) is 6.54 Å². The standard InChI is InChI=1S/C18H20N2O/c1-3-20-12-17-6-4-5-14(2)18(17)21-13-16-9-7-15(11-19)8-10-16/h4-10,20H,3,12-13H2,1-2H3. The van der Waals surface area contributed by atoms with Gasteiger partial charge in [-0.2, -0.15) is 5.26 Å². The minimum atomic E-state index is 0.510. The van der Waals surface area contributed by atoms with E-state index in [1.165, 1.54) is 5.56 Å². The summed E-state index contributed by atoms with van der Waals surface area (Å²) in [6, 6.07) is 15.8. The summed E-state index contributed by atoms with van der Waals surface area (Å²) < 4.78 is 6.00. The Hall–Kier alpha value is -2.31. The highest BCUT2D eigenvalue weighted by Gasteiger charge is 2.07. The first-order chi connectivity index (χ1) is 10.2. The van der Waals surface area contributed by atoms with E-state index >= 15 is 0 Å². The fraction of sp³-hybridized carbons (Fsp3) is 0.278. The zero-order valence-corrected chi connectivity index (χ0v) is 12.5. The van der Waals surface area contributed by atoms with E-state index in [0.717, 1.165) is 30.0 Å². The predicted molar refractivity (Wildman–Crippen MR) is 84.0 cm³/mol. The lowest BCUT2D eigenvalue weighted by atomic mass is 10.1. The number of hydrogen-bond donors (Lipinski definition) is 1. The molecule has 0 aliphatic carbocycles. The van der Waals surface area contributed by atoms with Gasteiger partial charge in [0, 0.05) is 12.1 Å². The Kier molecular flexibility index (Phi) is 5.36. The molecule has 3 heteroatoms. The van der Waals surface area contributed by atoms with Crippen LogP contribution in [0.25, 0.3) is 0 Å². The minimum Gasteiger partial charge on any atom is -0.488 e. The molecule has 0 saturated heterocycles. The van der Waals surface area contributed by atoms with E-state index in [1.807, 2.05) is 24.3 Å². The van der Waals surface area contributed by atoms with Crippen molar-refractivity contribution in [3.8, 4) is 11.8 Å². The molecule has 0 aliphatic rings. The van der Waals surface area contributed by atoms with Crippen molar-refractivity contribution in [2.45, 2.75) is 27.0 Å². The lowest BCUT2D eigenvalue weighted by molar-refractivity contribution is 0.300. The van der Waals surface area contributed by atoms with Gasteiger partial charge in [0.1, 0.15) is 12.4 Å². The van der Waals surface area contributed by atoms with E-state index in [2.05, 4.69) is 43.4 Å². The molecule has 108 valence electrons. The highest BCUT2D eigenvalue weighted by atomic mass is 16.5. The predicted octanol–water partition coefficient (Wildman–Crippen LogP) is 3.56. The SMILES string of the molecule is CCNCc1cccc(C)c1OCc1ccc(C#N)cc1. The maximum Gasteiger partial charge on any atom is 0.127 e. The van der Waals surface area contributed by atoms with Crippen LogP contribution in [0.15, 0.2) is 42.5 Å². The molecule has 0 spiro atoms. The summed E-state index contributed by atoms with van der Waals surface area (Å²) in [6.45, 7) is 6.40. The number of nitrogens with one attached hydrogen (secondary N) is 1. The second kappa shape index (κ2) is 7.47. The summed E-state index contributed by atoms with van der Waals surface area (Å²) in [5, 5.41) is 12.1. The highest BCUT2D eigenvalue weighted by molar-refractivity contribution is 5.41. The van der Waals surface area contributed by atoms with Crippen LogP contribution < -0.4 is 10.1 Å². The first kappa shape index (κ1) is 15.1. The number of benzene rings is 2. The molecule has 0 aromatic heterocycles. The number of nitriles is 1. The number of hydrogen-bond acceptors (Lipinski definition) is 3. The lowest BCUT2D eigenvalue weighted by Crippen LogP contribution is -2.13. The van der Waals surface area contributed by atoms with Crippen LogP contribution in [0.4, 0.5) is 0 Å². The Morgan fingerprint density at radius 3 is 2.57 bits per heavy atom. The van der Waals surface area contributed by atoms with Crippen molar-refractivity contribution in [1.82, 2.24) is 5.32 Å². The van der Waals surface area contributed by atoms with E-state index in [1.54, 1.807) is 0 Å². The zero-order chi connectivity index (χ0) is 15.1. The van der Waals surface area contributed by atoms with Crippen molar-refractivity contribution in [3.63, 3.8) is 0 Å². The van der Waals surface area contributed by atoms with Crippen molar-refractivity contribution in [2.24, 2.45) is 0 Å². The van der Waals surface area contributed by atoms with Crippen LogP contribution >= 0.6 is 0 Å². The summed E-state index contributed by atoms with van der Waals surface area (Å²) >= 11 is 0. The number of nitrogens with zero attached hydrogens (tertiary/aromatic N) is 1. The van der Waals surface area contributed by atoms with Crippen molar-refractivity contribution >= 4 is 0 Å². The first-order valence-corrected chi connectivity index (χ1v) is 7.15. The zero-order valence-electron chi connectivity index (χ0n) is 12.5. The Balaban J connectivity index is 2.09. The molecule has 0 aliphatic heterocycles. The summed E-state index contributed by atoms with van der Waals surface area (Å²) in [6.07, 6.45) is 0. The topological polar surface area (TPSA) is 45.0 Å². The molecule has 0 radical (unpaired) electrons. The van der Waals surface area contributed by atoms with Gasteiger partial charge in [-0.05, 0) is 36.7 Å². The normalized spacial score (nSPS) is 10.1. The van der Waals surface area contributed by atoms with Crippen molar-refractivity contribution < 1.29 is 4.74 Å². The monoisotopic (exact) mass is 280 g/mol. The molecular formula is C18H20N2O. The van der Waals surface area contributed by atoms with Gasteiger partial charge in [-0.3, -0.25) is 0 Å². The van der Waals surface area contributed by atoms with E-state index < -0.39 is 0 Å². The average molecular weight is 280 g/mol. The fourth-order valence-corrected chi connectivity index (χ4v) is 2.15. The van der Waals surface area contributed by atoms with Gasteiger partial charge in [0.2, 0.25) is 0 Å². The molecule has 0 bridgehead atoms. The Bertz CT molecular complexity index is 627. The van der Waals surface area contributed by atoms with Crippen LogP contribution in [0.5, 0.6) is 5.75 Å². The quantitative estimate of drug-likeness (QED) is 0.880. The Labute approximate surface area is 126 Å². The summed E-state index contributed by atoms with van der Waals surface area (Å²) in [4.78, 5) is 0. The van der Waals surface area contributed by atoms with Crippen molar-refractivity contribution in [2.75, 3.05) is 6.54 Å². The smallest absolute Gasteiger partial charge is 0.127 e. The second-order valence-electron chi connectivity index (χ2n) is 4.94. The largest absolute Gasteiger partial charge is 0.488 e. The van der Waals surface area contributed by atoms with Gasteiger partial charge in [0.15, 0.2) is 0 Å². The summed E-state index contributed by atoms with van der Waals surface area (Å²) in [5.74, 6) is 0.947. The molecule has 0 fully saturated rings.